The molecule has 1 aromatic carbocycles. The predicted molar refractivity (Wildman–Crippen MR) is 72.6 cm³/mol. The van der Waals surface area contributed by atoms with Crippen LogP contribution in [0.2, 0.25) is 5.02 Å². The number of hydrogen-bond acceptors (Lipinski definition) is 2. The quantitative estimate of drug-likeness (QED) is 0.836. The van der Waals surface area contributed by atoms with Crippen molar-refractivity contribution in [2.24, 2.45) is 0 Å². The van der Waals surface area contributed by atoms with Crippen molar-refractivity contribution in [2.45, 2.75) is 33.2 Å². The van der Waals surface area contributed by atoms with Gasteiger partial charge in [0.1, 0.15) is 0 Å². The zero-order chi connectivity index (χ0) is 13.7. The highest BCUT2D eigenvalue weighted by Gasteiger charge is 2.20. The number of nitriles is 1. The molecule has 0 unspecified atom stereocenters. The van der Waals surface area contributed by atoms with Gasteiger partial charge in [-0.2, -0.15) is 5.26 Å². The van der Waals surface area contributed by atoms with E-state index in [0.717, 1.165) is 5.56 Å². The Balaban J connectivity index is 3.02. The number of hydrogen-bond donors (Lipinski definition) is 0. The molecule has 96 valence electrons. The van der Waals surface area contributed by atoms with E-state index in [1.807, 2.05) is 26.8 Å². The van der Waals surface area contributed by atoms with Gasteiger partial charge in [0, 0.05) is 23.2 Å². The molecule has 0 N–H and O–H groups in total. The monoisotopic (exact) mass is 264 g/mol. The number of amides is 1. The van der Waals surface area contributed by atoms with Crippen LogP contribution in [0.15, 0.2) is 18.2 Å². The fourth-order valence-corrected chi connectivity index (χ4v) is 1.92. The predicted octanol–water partition coefficient (Wildman–Crippen LogP) is 3.41. The molecule has 3 nitrogen and oxygen atoms in total. The van der Waals surface area contributed by atoms with Gasteiger partial charge in [0.15, 0.2) is 0 Å². The van der Waals surface area contributed by atoms with Crippen molar-refractivity contribution in [3.8, 4) is 6.07 Å². The molecule has 0 aliphatic carbocycles. The molecule has 1 aromatic rings. The van der Waals surface area contributed by atoms with E-state index in [-0.39, 0.29) is 11.9 Å². The fraction of sp³-hybridized carbons (Fsp3) is 0.429. The molecule has 0 bridgehead atoms. The average Bonchev–Trinajstić information content (AvgIpc) is 2.32. The molecule has 18 heavy (non-hydrogen) atoms. The zero-order valence-corrected chi connectivity index (χ0v) is 11.7. The highest BCUT2D eigenvalue weighted by atomic mass is 35.5. The van der Waals surface area contributed by atoms with Gasteiger partial charge < -0.3 is 4.90 Å². The molecule has 0 aliphatic rings. The molecule has 0 radical (unpaired) electrons. The molecule has 1 amide bonds. The van der Waals surface area contributed by atoms with Gasteiger partial charge in [0.05, 0.1) is 12.5 Å². The Kier molecular flexibility index (Phi) is 5.18. The summed E-state index contributed by atoms with van der Waals surface area (Å²) < 4.78 is 0. The lowest BCUT2D eigenvalue weighted by atomic mass is 10.1. The van der Waals surface area contributed by atoms with Gasteiger partial charge in [-0.05, 0) is 38.5 Å². The van der Waals surface area contributed by atoms with E-state index in [9.17, 15) is 4.79 Å². The second-order valence-electron chi connectivity index (χ2n) is 4.46. The molecule has 0 saturated carbocycles. The van der Waals surface area contributed by atoms with E-state index in [1.165, 1.54) is 0 Å². The van der Waals surface area contributed by atoms with Crippen LogP contribution in [-0.2, 0) is 0 Å². The van der Waals surface area contributed by atoms with Gasteiger partial charge in [-0.1, -0.05) is 17.7 Å². The van der Waals surface area contributed by atoms with Crippen molar-refractivity contribution in [2.75, 3.05) is 6.54 Å². The van der Waals surface area contributed by atoms with Gasteiger partial charge in [-0.3, -0.25) is 4.79 Å². The third kappa shape index (κ3) is 3.48. The number of benzene rings is 1. The van der Waals surface area contributed by atoms with Crippen LogP contribution in [0, 0.1) is 18.3 Å². The van der Waals surface area contributed by atoms with E-state index < -0.39 is 0 Å². The normalized spacial score (nSPS) is 10.2. The van der Waals surface area contributed by atoms with Crippen LogP contribution in [-0.4, -0.2) is 23.4 Å². The van der Waals surface area contributed by atoms with Crippen molar-refractivity contribution in [1.29, 1.82) is 5.26 Å². The molecular formula is C14H17ClN2O. The lowest BCUT2D eigenvalue weighted by Crippen LogP contribution is -2.38. The summed E-state index contributed by atoms with van der Waals surface area (Å²) in [4.78, 5) is 14.1. The Morgan fingerprint density at radius 2 is 2.17 bits per heavy atom. The van der Waals surface area contributed by atoms with Gasteiger partial charge in [-0.25, -0.2) is 0 Å². The minimum atomic E-state index is -0.0692. The van der Waals surface area contributed by atoms with Crippen molar-refractivity contribution in [3.63, 3.8) is 0 Å². The number of nitrogens with zero attached hydrogens (tertiary/aromatic N) is 2. The number of halogens is 1. The Bertz CT molecular complexity index is 477. The summed E-state index contributed by atoms with van der Waals surface area (Å²) >= 11 is 5.93. The van der Waals surface area contributed by atoms with Gasteiger partial charge in [0.25, 0.3) is 5.91 Å². The minimum Gasteiger partial charge on any atom is -0.335 e. The Morgan fingerprint density at radius 3 is 2.72 bits per heavy atom. The van der Waals surface area contributed by atoms with Crippen LogP contribution in [0.3, 0.4) is 0 Å². The van der Waals surface area contributed by atoms with Crippen LogP contribution < -0.4 is 0 Å². The van der Waals surface area contributed by atoms with Gasteiger partial charge in [-0.15, -0.1) is 0 Å². The first-order valence-corrected chi connectivity index (χ1v) is 6.29. The third-order valence-corrected chi connectivity index (χ3v) is 3.01. The summed E-state index contributed by atoms with van der Waals surface area (Å²) in [6, 6.07) is 7.40. The topological polar surface area (TPSA) is 44.1 Å². The van der Waals surface area contributed by atoms with Crippen LogP contribution in [0.25, 0.3) is 0 Å². The van der Waals surface area contributed by atoms with E-state index in [2.05, 4.69) is 6.07 Å². The zero-order valence-electron chi connectivity index (χ0n) is 10.9. The highest BCUT2D eigenvalue weighted by Crippen LogP contribution is 2.18. The van der Waals surface area contributed by atoms with Crippen LogP contribution in [0.4, 0.5) is 0 Å². The molecule has 0 aliphatic heterocycles. The summed E-state index contributed by atoms with van der Waals surface area (Å²) in [5.74, 6) is -0.0692. The molecule has 0 atom stereocenters. The molecular weight excluding hydrogens is 248 g/mol. The number of aryl methyl sites for hydroxylation is 1. The van der Waals surface area contributed by atoms with Crippen LogP contribution in [0.5, 0.6) is 0 Å². The third-order valence-electron chi connectivity index (χ3n) is 2.78. The maximum Gasteiger partial charge on any atom is 0.254 e. The molecule has 1 rings (SSSR count). The Labute approximate surface area is 113 Å². The molecule has 0 fully saturated rings. The highest BCUT2D eigenvalue weighted by molar-refractivity contribution is 6.31. The number of carbonyl (C=O) groups excluding carboxylic acids is 1. The van der Waals surface area contributed by atoms with Crippen molar-refractivity contribution in [3.05, 3.63) is 34.3 Å². The van der Waals surface area contributed by atoms with Gasteiger partial charge >= 0.3 is 0 Å². The number of rotatable bonds is 4. The average molecular weight is 265 g/mol. The van der Waals surface area contributed by atoms with E-state index in [4.69, 9.17) is 16.9 Å². The van der Waals surface area contributed by atoms with Crippen LogP contribution >= 0.6 is 11.6 Å². The molecule has 0 saturated heterocycles. The first-order chi connectivity index (χ1) is 8.47. The summed E-state index contributed by atoms with van der Waals surface area (Å²) in [7, 11) is 0. The lowest BCUT2D eigenvalue weighted by Gasteiger charge is -2.26. The number of carbonyl (C=O) groups is 1. The Hall–Kier alpha value is -1.53. The molecule has 0 aromatic heterocycles. The largest absolute Gasteiger partial charge is 0.335 e. The smallest absolute Gasteiger partial charge is 0.254 e. The molecule has 0 spiro atoms. The van der Waals surface area contributed by atoms with Crippen molar-refractivity contribution < 1.29 is 4.79 Å². The molecule has 4 heteroatoms. The standard InChI is InChI=1S/C14H17ClN2O/c1-10(2)17(8-4-7-16)14(18)13-9-12(15)6-5-11(13)3/h5-6,9-10H,4,8H2,1-3H3. The van der Waals surface area contributed by atoms with E-state index in [1.54, 1.807) is 17.0 Å². The second-order valence-corrected chi connectivity index (χ2v) is 4.90. The van der Waals surface area contributed by atoms with E-state index >= 15 is 0 Å². The SMILES string of the molecule is Cc1ccc(Cl)cc1C(=O)N(CCC#N)C(C)C. The maximum absolute atomic E-state index is 12.4. The summed E-state index contributed by atoms with van der Waals surface area (Å²) in [5, 5.41) is 9.19. The van der Waals surface area contributed by atoms with Crippen molar-refractivity contribution in [1.82, 2.24) is 4.90 Å². The summed E-state index contributed by atoms with van der Waals surface area (Å²) in [6.45, 7) is 6.20. The Morgan fingerprint density at radius 1 is 1.50 bits per heavy atom. The first kappa shape index (κ1) is 14.5. The second kappa shape index (κ2) is 6.42. The van der Waals surface area contributed by atoms with Crippen molar-refractivity contribution >= 4 is 17.5 Å². The first-order valence-electron chi connectivity index (χ1n) is 5.91. The molecule has 0 heterocycles. The lowest BCUT2D eigenvalue weighted by molar-refractivity contribution is 0.0709. The van der Waals surface area contributed by atoms with E-state index in [0.29, 0.717) is 23.6 Å². The fourth-order valence-electron chi connectivity index (χ4n) is 1.74. The van der Waals surface area contributed by atoms with Crippen LogP contribution in [0.1, 0.15) is 36.2 Å². The summed E-state index contributed by atoms with van der Waals surface area (Å²) in [5.41, 5.74) is 1.50. The maximum atomic E-state index is 12.4. The minimum absolute atomic E-state index is 0.0595. The van der Waals surface area contributed by atoms with Gasteiger partial charge in [0.2, 0.25) is 0 Å². The summed E-state index contributed by atoms with van der Waals surface area (Å²) in [6.07, 6.45) is 0.337.